The van der Waals surface area contributed by atoms with E-state index in [1.165, 1.54) is 41.5 Å². The number of halogens is 6. The highest BCUT2D eigenvalue weighted by atomic mass is 32.2. The first kappa shape index (κ1) is 33.3. The lowest BCUT2D eigenvalue weighted by Crippen LogP contribution is -2.60. The first-order chi connectivity index (χ1) is 17.7. The van der Waals surface area contributed by atoms with E-state index in [1.54, 1.807) is 0 Å². The molecule has 40 heavy (non-hydrogen) atoms. The molecule has 2 aliphatic heterocycles. The fourth-order valence-corrected chi connectivity index (χ4v) is 4.31. The van der Waals surface area contributed by atoms with Crippen molar-refractivity contribution < 1.29 is 70.6 Å². The molecular formula is C20H26F6N2O10S2. The van der Waals surface area contributed by atoms with E-state index >= 15 is 0 Å². The number of rotatable bonds is 4. The fraction of sp³-hybridized carbons (Fsp3) is 0.700. The van der Waals surface area contributed by atoms with Crippen molar-refractivity contribution in [3.8, 4) is 0 Å². The Labute approximate surface area is 225 Å². The molecule has 0 aromatic carbocycles. The highest BCUT2D eigenvalue weighted by molar-refractivity contribution is 7.88. The summed E-state index contributed by atoms with van der Waals surface area (Å²) in [5, 5.41) is 0. The van der Waals surface area contributed by atoms with Crippen LogP contribution in [-0.2, 0) is 38.1 Å². The van der Waals surface area contributed by atoms with Gasteiger partial charge in [-0.15, -0.1) is 0 Å². The summed E-state index contributed by atoms with van der Waals surface area (Å²) in [5.41, 5.74) is -14.4. The molecular weight excluding hydrogens is 606 g/mol. The molecule has 0 unspecified atom stereocenters. The van der Waals surface area contributed by atoms with E-state index in [0.29, 0.717) is 22.0 Å². The SMILES string of the molecule is CC(C)(C)OC(=O)N1C(OS(=O)(=O)C(F)(F)F)=CC[C@@H]2[C@H]1CC=C(OS(=O)(=O)C(F)(F)F)N2C(=O)OC(C)(C)C. The number of amides is 2. The Kier molecular flexibility index (Phi) is 8.74. The molecule has 0 bridgehead atoms. The molecule has 2 rings (SSSR count). The topological polar surface area (TPSA) is 146 Å². The summed E-state index contributed by atoms with van der Waals surface area (Å²) < 4.78 is 144. The Bertz CT molecular complexity index is 1190. The van der Waals surface area contributed by atoms with Crippen LogP contribution in [0.5, 0.6) is 0 Å². The van der Waals surface area contributed by atoms with Crippen molar-refractivity contribution in [2.75, 3.05) is 0 Å². The number of carbonyl (C=O) groups is 2. The van der Waals surface area contributed by atoms with Crippen molar-refractivity contribution in [2.45, 2.75) is 88.7 Å². The third-order valence-electron chi connectivity index (χ3n) is 4.79. The number of nitrogens with zero attached hydrogens (tertiary/aromatic N) is 2. The molecule has 0 aliphatic carbocycles. The second-order valence-corrected chi connectivity index (χ2v) is 13.4. The Balaban J connectivity index is 2.68. The molecule has 0 spiro atoms. The molecule has 20 heteroatoms. The van der Waals surface area contributed by atoms with Crippen molar-refractivity contribution in [2.24, 2.45) is 0 Å². The van der Waals surface area contributed by atoms with Gasteiger partial charge in [-0.3, -0.25) is 0 Å². The quantitative estimate of drug-likeness (QED) is 0.248. The van der Waals surface area contributed by atoms with Crippen molar-refractivity contribution in [3.63, 3.8) is 0 Å². The molecule has 2 atom stereocenters. The maximum absolute atomic E-state index is 13.0. The summed E-state index contributed by atoms with van der Waals surface area (Å²) in [7, 11) is -12.6. The molecule has 0 radical (unpaired) electrons. The predicted molar refractivity (Wildman–Crippen MR) is 121 cm³/mol. The maximum atomic E-state index is 13.0. The zero-order chi connectivity index (χ0) is 31.3. The first-order valence-corrected chi connectivity index (χ1v) is 13.9. The van der Waals surface area contributed by atoms with Crippen LogP contribution in [-0.4, -0.2) is 73.1 Å². The van der Waals surface area contributed by atoms with Gasteiger partial charge in [0.15, 0.2) is 0 Å². The van der Waals surface area contributed by atoms with Crippen LogP contribution >= 0.6 is 0 Å². The highest BCUT2D eigenvalue weighted by Crippen LogP contribution is 2.40. The van der Waals surface area contributed by atoms with E-state index < -0.39 is 91.3 Å². The average Bonchev–Trinajstić information content (AvgIpc) is 2.68. The van der Waals surface area contributed by atoms with Gasteiger partial charge in [-0.1, -0.05) is 0 Å². The molecule has 12 nitrogen and oxygen atoms in total. The van der Waals surface area contributed by atoms with Gasteiger partial charge < -0.3 is 17.8 Å². The summed E-state index contributed by atoms with van der Waals surface area (Å²) in [6, 6.07) is -3.10. The van der Waals surface area contributed by atoms with Crippen LogP contribution in [0.15, 0.2) is 23.9 Å². The van der Waals surface area contributed by atoms with Crippen molar-refractivity contribution in [1.82, 2.24) is 9.80 Å². The second kappa shape index (κ2) is 10.5. The predicted octanol–water partition coefficient (Wildman–Crippen LogP) is 4.42. The number of alkyl halides is 6. The van der Waals surface area contributed by atoms with Gasteiger partial charge in [-0.25, -0.2) is 19.4 Å². The molecule has 0 N–H and O–H groups in total. The fourth-order valence-electron chi connectivity index (χ4n) is 3.38. The highest BCUT2D eigenvalue weighted by Gasteiger charge is 2.55. The largest absolute Gasteiger partial charge is 0.534 e. The summed E-state index contributed by atoms with van der Waals surface area (Å²) in [6.45, 7) is 8.19. The van der Waals surface area contributed by atoms with Crippen LogP contribution in [0, 0.1) is 0 Å². The van der Waals surface area contributed by atoms with Crippen LogP contribution in [0.4, 0.5) is 35.9 Å². The van der Waals surface area contributed by atoms with Crippen LogP contribution in [0.3, 0.4) is 0 Å². The number of hydrogen-bond acceptors (Lipinski definition) is 10. The molecule has 2 heterocycles. The van der Waals surface area contributed by atoms with Gasteiger partial charge in [-0.05, 0) is 66.5 Å². The lowest BCUT2D eigenvalue weighted by atomic mass is 9.92. The minimum atomic E-state index is -6.32. The first-order valence-electron chi connectivity index (χ1n) is 11.1. The van der Waals surface area contributed by atoms with E-state index in [1.807, 2.05) is 0 Å². The standard InChI is InChI=1S/C20H26F6N2O10S2/c1-17(2,3)35-15(29)27-11-7-10-14(38-40(33,34)20(24,25)26)28(16(30)36-18(4,5)6)12(11)8-9-13(27)37-39(31,32)19(21,22)23/h9-12H,7-8H2,1-6H3/t11-,12-/m1/s1. The Hall–Kier alpha value is -2.90. The Morgan fingerprint density at radius 1 is 0.675 bits per heavy atom. The normalized spacial score (nSPS) is 21.1. The zero-order valence-corrected chi connectivity index (χ0v) is 23.4. The molecule has 0 saturated carbocycles. The maximum Gasteiger partial charge on any atom is 0.534 e. The van der Waals surface area contributed by atoms with Crippen molar-refractivity contribution in [1.29, 1.82) is 0 Å². The molecule has 230 valence electrons. The number of hydrogen-bond donors (Lipinski definition) is 0. The van der Waals surface area contributed by atoms with E-state index in [-0.39, 0.29) is 0 Å². The lowest BCUT2D eigenvalue weighted by molar-refractivity contribution is -0.0595. The summed E-state index contributed by atoms with van der Waals surface area (Å²) in [5.74, 6) is -2.34. The number of carbonyl (C=O) groups excluding carboxylic acids is 2. The average molecular weight is 633 g/mol. The number of fused-ring (bicyclic) bond motifs is 1. The number of ether oxygens (including phenoxy) is 2. The minimum Gasteiger partial charge on any atom is -0.443 e. The van der Waals surface area contributed by atoms with Gasteiger partial charge in [0.25, 0.3) is 0 Å². The van der Waals surface area contributed by atoms with Gasteiger partial charge in [0.05, 0.1) is 12.1 Å². The van der Waals surface area contributed by atoms with Crippen molar-refractivity contribution in [3.05, 3.63) is 23.9 Å². The summed E-state index contributed by atoms with van der Waals surface area (Å²) in [6.07, 6.45) is -2.94. The van der Waals surface area contributed by atoms with Gasteiger partial charge in [-0.2, -0.15) is 43.2 Å². The molecule has 0 aromatic heterocycles. The van der Waals surface area contributed by atoms with E-state index in [4.69, 9.17) is 9.47 Å². The van der Waals surface area contributed by atoms with Crippen LogP contribution in [0.1, 0.15) is 54.4 Å². The van der Waals surface area contributed by atoms with E-state index in [9.17, 15) is 52.8 Å². The van der Waals surface area contributed by atoms with E-state index in [2.05, 4.69) is 8.37 Å². The smallest absolute Gasteiger partial charge is 0.443 e. The Morgan fingerprint density at radius 2 is 0.950 bits per heavy atom. The van der Waals surface area contributed by atoms with Crippen LogP contribution < -0.4 is 0 Å². The van der Waals surface area contributed by atoms with Gasteiger partial charge in [0.2, 0.25) is 11.8 Å². The van der Waals surface area contributed by atoms with Gasteiger partial charge in [0, 0.05) is 0 Å². The molecule has 2 amide bonds. The van der Waals surface area contributed by atoms with Crippen molar-refractivity contribution >= 4 is 32.4 Å². The van der Waals surface area contributed by atoms with Crippen LogP contribution in [0.2, 0.25) is 0 Å². The molecule has 2 aliphatic rings. The minimum absolute atomic E-state index is 0.325. The van der Waals surface area contributed by atoms with Crippen LogP contribution in [0.25, 0.3) is 0 Å². The lowest BCUT2D eigenvalue weighted by Gasteiger charge is -2.46. The molecule has 0 aromatic rings. The monoisotopic (exact) mass is 632 g/mol. The molecule has 0 saturated heterocycles. The van der Waals surface area contributed by atoms with E-state index in [0.717, 1.165) is 0 Å². The summed E-state index contributed by atoms with van der Waals surface area (Å²) in [4.78, 5) is 26.7. The third-order valence-corrected chi connectivity index (χ3v) is 6.70. The molecule has 0 fully saturated rings. The summed E-state index contributed by atoms with van der Waals surface area (Å²) >= 11 is 0. The third kappa shape index (κ3) is 7.64. The van der Waals surface area contributed by atoms with Gasteiger partial charge >= 0.3 is 43.4 Å². The Morgan fingerprint density at radius 3 is 1.18 bits per heavy atom. The van der Waals surface area contributed by atoms with Gasteiger partial charge in [0.1, 0.15) is 11.2 Å². The zero-order valence-electron chi connectivity index (χ0n) is 21.8. The second-order valence-electron chi connectivity index (χ2n) is 10.4.